The molecule has 6 nitrogen and oxygen atoms in total. The van der Waals surface area contributed by atoms with E-state index in [1.165, 1.54) is 37.7 Å². The Morgan fingerprint density at radius 2 is 1.88 bits per heavy atom. The van der Waals surface area contributed by atoms with Crippen molar-refractivity contribution < 1.29 is 4.79 Å². The van der Waals surface area contributed by atoms with E-state index in [0.29, 0.717) is 18.4 Å². The highest BCUT2D eigenvalue weighted by Gasteiger charge is 2.29. The molecule has 1 heterocycles. The zero-order valence-electron chi connectivity index (χ0n) is 20.8. The Kier molecular flexibility index (Phi) is 12.5. The minimum atomic E-state index is 0. The number of hydrogen-bond donors (Lipinski definition) is 2. The minimum Gasteiger partial charge on any atom is -0.357 e. The van der Waals surface area contributed by atoms with Crippen molar-refractivity contribution >= 4 is 35.8 Å². The number of amides is 1. The number of likely N-dealkylation sites (N-methyl/N-ethyl adjacent to an activating group) is 1. The monoisotopic (exact) mass is 569 g/mol. The van der Waals surface area contributed by atoms with E-state index >= 15 is 0 Å². The summed E-state index contributed by atoms with van der Waals surface area (Å²) in [6.07, 6.45) is 8.29. The number of carbonyl (C=O) groups excluding carboxylic acids is 1. The second-order valence-electron chi connectivity index (χ2n) is 9.68. The van der Waals surface area contributed by atoms with Gasteiger partial charge in [0, 0.05) is 44.6 Å². The number of guanidine groups is 1. The third-order valence-corrected chi connectivity index (χ3v) is 7.00. The molecule has 1 aromatic rings. The summed E-state index contributed by atoms with van der Waals surface area (Å²) >= 11 is 0. The number of halogens is 1. The second kappa shape index (κ2) is 14.8. The van der Waals surface area contributed by atoms with Gasteiger partial charge in [0.05, 0.1) is 6.54 Å². The Morgan fingerprint density at radius 3 is 2.55 bits per heavy atom. The molecule has 2 fully saturated rings. The van der Waals surface area contributed by atoms with Crippen LogP contribution in [0.25, 0.3) is 0 Å². The van der Waals surface area contributed by atoms with Gasteiger partial charge in [0.25, 0.3) is 0 Å². The van der Waals surface area contributed by atoms with E-state index in [9.17, 15) is 4.79 Å². The Bertz CT molecular complexity index is 721. The SMILES string of the molecule is CCNC(=NCC(C1CCCCC1)N(C)C)NCC1CC(=O)N(CCc2ccccc2)C1.I. The number of benzene rings is 1. The molecule has 1 saturated heterocycles. The zero-order valence-corrected chi connectivity index (χ0v) is 23.1. The van der Waals surface area contributed by atoms with Gasteiger partial charge < -0.3 is 20.4 Å². The first-order chi connectivity index (χ1) is 15.6. The Labute approximate surface area is 218 Å². The molecule has 2 unspecified atom stereocenters. The molecular weight excluding hydrogens is 525 g/mol. The van der Waals surface area contributed by atoms with Crippen LogP contribution in [0, 0.1) is 11.8 Å². The van der Waals surface area contributed by atoms with E-state index in [0.717, 1.165) is 51.0 Å². The van der Waals surface area contributed by atoms with Crippen molar-refractivity contribution in [2.75, 3.05) is 46.8 Å². The van der Waals surface area contributed by atoms with Gasteiger partial charge in [0.15, 0.2) is 5.96 Å². The quantitative estimate of drug-likeness (QED) is 0.256. The summed E-state index contributed by atoms with van der Waals surface area (Å²) in [6, 6.07) is 10.9. The molecule has 2 aliphatic rings. The lowest BCUT2D eigenvalue weighted by molar-refractivity contribution is -0.127. The average Bonchev–Trinajstić information content (AvgIpc) is 3.16. The molecule has 1 aromatic carbocycles. The topological polar surface area (TPSA) is 60.0 Å². The molecule has 2 N–H and O–H groups in total. The van der Waals surface area contributed by atoms with Gasteiger partial charge in [-0.2, -0.15) is 0 Å². The second-order valence-corrected chi connectivity index (χ2v) is 9.68. The van der Waals surface area contributed by atoms with Crippen LogP contribution in [0.3, 0.4) is 0 Å². The number of carbonyl (C=O) groups is 1. The minimum absolute atomic E-state index is 0. The molecule has 1 amide bonds. The predicted molar refractivity (Wildman–Crippen MR) is 148 cm³/mol. The number of nitrogens with zero attached hydrogens (tertiary/aromatic N) is 3. The van der Waals surface area contributed by atoms with Gasteiger partial charge >= 0.3 is 0 Å². The van der Waals surface area contributed by atoms with Gasteiger partial charge in [-0.15, -0.1) is 24.0 Å². The lowest BCUT2D eigenvalue weighted by atomic mass is 9.83. The highest BCUT2D eigenvalue weighted by molar-refractivity contribution is 14.0. The summed E-state index contributed by atoms with van der Waals surface area (Å²) < 4.78 is 0. The first kappa shape index (κ1) is 27.9. The van der Waals surface area contributed by atoms with Gasteiger partial charge in [-0.25, -0.2) is 0 Å². The van der Waals surface area contributed by atoms with Crippen LogP contribution >= 0.6 is 24.0 Å². The fraction of sp³-hybridized carbons (Fsp3) is 0.692. The van der Waals surface area contributed by atoms with Crippen molar-refractivity contribution in [1.82, 2.24) is 20.4 Å². The number of likely N-dealkylation sites (tertiary alicyclic amines) is 1. The fourth-order valence-corrected chi connectivity index (χ4v) is 5.14. The van der Waals surface area contributed by atoms with E-state index in [1.54, 1.807) is 0 Å². The van der Waals surface area contributed by atoms with Gasteiger partial charge in [0.1, 0.15) is 0 Å². The molecule has 186 valence electrons. The number of nitrogens with one attached hydrogen (secondary N) is 2. The number of hydrogen-bond acceptors (Lipinski definition) is 3. The first-order valence-corrected chi connectivity index (χ1v) is 12.6. The summed E-state index contributed by atoms with van der Waals surface area (Å²) in [5.41, 5.74) is 1.29. The van der Waals surface area contributed by atoms with Crippen LogP contribution in [-0.4, -0.2) is 74.5 Å². The summed E-state index contributed by atoms with van der Waals surface area (Å²) in [5.74, 6) is 2.24. The van der Waals surface area contributed by atoms with Crippen LogP contribution in [0.5, 0.6) is 0 Å². The van der Waals surface area contributed by atoms with Crippen LogP contribution < -0.4 is 10.6 Å². The highest BCUT2D eigenvalue weighted by Crippen LogP contribution is 2.28. The molecule has 2 atom stereocenters. The van der Waals surface area contributed by atoms with Crippen molar-refractivity contribution in [2.45, 2.75) is 57.9 Å². The average molecular weight is 570 g/mol. The normalized spacial score (nSPS) is 20.6. The van der Waals surface area contributed by atoms with E-state index in [1.807, 2.05) is 11.0 Å². The predicted octanol–water partition coefficient (Wildman–Crippen LogP) is 3.76. The standard InChI is InChI=1S/C26H43N5O.HI/c1-4-27-26(29-19-24(30(2)3)23-13-9-6-10-14-23)28-18-22-17-25(32)31(20-22)16-15-21-11-7-5-8-12-21;/h5,7-8,11-12,22-24H,4,6,9-10,13-20H2,1-3H3,(H2,27,28,29);1H. The van der Waals surface area contributed by atoms with E-state index in [-0.39, 0.29) is 29.9 Å². The smallest absolute Gasteiger partial charge is 0.223 e. The van der Waals surface area contributed by atoms with Crippen LogP contribution in [0.2, 0.25) is 0 Å². The fourth-order valence-electron chi connectivity index (χ4n) is 5.14. The Hall–Kier alpha value is -1.35. The van der Waals surface area contributed by atoms with Crippen LogP contribution in [0.15, 0.2) is 35.3 Å². The molecular formula is C26H44IN5O. The van der Waals surface area contributed by atoms with Gasteiger partial charge in [0.2, 0.25) is 5.91 Å². The van der Waals surface area contributed by atoms with Crippen molar-refractivity contribution in [3.63, 3.8) is 0 Å². The number of aliphatic imine (C=N–C) groups is 1. The van der Waals surface area contributed by atoms with E-state index in [4.69, 9.17) is 4.99 Å². The van der Waals surface area contributed by atoms with Crippen LogP contribution in [0.1, 0.15) is 51.0 Å². The number of rotatable bonds is 10. The maximum atomic E-state index is 12.5. The third-order valence-electron chi connectivity index (χ3n) is 7.00. The van der Waals surface area contributed by atoms with Gasteiger partial charge in [-0.1, -0.05) is 49.6 Å². The van der Waals surface area contributed by atoms with Crippen molar-refractivity contribution in [3.05, 3.63) is 35.9 Å². The largest absolute Gasteiger partial charge is 0.357 e. The molecule has 33 heavy (non-hydrogen) atoms. The summed E-state index contributed by atoms with van der Waals surface area (Å²) in [6.45, 7) is 6.19. The zero-order chi connectivity index (χ0) is 22.8. The van der Waals surface area contributed by atoms with E-state index < -0.39 is 0 Å². The molecule has 3 rings (SSSR count). The lowest BCUT2D eigenvalue weighted by Crippen LogP contribution is -2.43. The molecule has 1 aliphatic heterocycles. The summed E-state index contributed by atoms with van der Waals surface area (Å²) in [7, 11) is 4.37. The summed E-state index contributed by atoms with van der Waals surface area (Å²) in [5, 5.41) is 6.91. The van der Waals surface area contributed by atoms with Crippen molar-refractivity contribution in [3.8, 4) is 0 Å². The van der Waals surface area contributed by atoms with Crippen LogP contribution in [-0.2, 0) is 11.2 Å². The molecule has 0 spiro atoms. The molecule has 1 saturated carbocycles. The van der Waals surface area contributed by atoms with Crippen molar-refractivity contribution in [2.24, 2.45) is 16.8 Å². The van der Waals surface area contributed by atoms with E-state index in [2.05, 4.69) is 60.8 Å². The summed E-state index contributed by atoms with van der Waals surface area (Å²) in [4.78, 5) is 21.8. The maximum Gasteiger partial charge on any atom is 0.223 e. The molecule has 7 heteroatoms. The molecule has 1 aliphatic carbocycles. The van der Waals surface area contributed by atoms with Crippen molar-refractivity contribution in [1.29, 1.82) is 0 Å². The Morgan fingerprint density at radius 1 is 1.15 bits per heavy atom. The lowest BCUT2D eigenvalue weighted by Gasteiger charge is -2.34. The third kappa shape index (κ3) is 9.08. The maximum absolute atomic E-state index is 12.5. The van der Waals surface area contributed by atoms with Gasteiger partial charge in [-0.05, 0) is 51.8 Å². The Balaban J connectivity index is 0.00000385. The first-order valence-electron chi connectivity index (χ1n) is 12.6. The highest BCUT2D eigenvalue weighted by atomic mass is 127. The molecule has 0 radical (unpaired) electrons. The molecule has 0 aromatic heterocycles. The molecule has 0 bridgehead atoms. The van der Waals surface area contributed by atoms with Crippen LogP contribution in [0.4, 0.5) is 0 Å². The van der Waals surface area contributed by atoms with Gasteiger partial charge in [-0.3, -0.25) is 9.79 Å².